The van der Waals surface area contributed by atoms with Crippen molar-refractivity contribution in [3.8, 4) is 0 Å². The van der Waals surface area contributed by atoms with Gasteiger partial charge in [-0.25, -0.2) is 8.78 Å². The van der Waals surface area contributed by atoms with Crippen LogP contribution in [0.1, 0.15) is 66.2 Å². The summed E-state index contributed by atoms with van der Waals surface area (Å²) in [6, 6.07) is 0. The highest BCUT2D eigenvalue weighted by Crippen LogP contribution is 2.38. The molecule has 0 radical (unpaired) electrons. The van der Waals surface area contributed by atoms with Gasteiger partial charge in [-0.3, -0.25) is 0 Å². The van der Waals surface area contributed by atoms with E-state index in [1.54, 1.807) is 0 Å². The van der Waals surface area contributed by atoms with Crippen LogP contribution in [0.5, 0.6) is 0 Å². The average Bonchev–Trinajstić information content (AvgIpc) is 2.19. The molecule has 1 saturated carbocycles. The van der Waals surface area contributed by atoms with E-state index in [1.807, 2.05) is 13.8 Å². The van der Waals surface area contributed by atoms with Gasteiger partial charge in [-0.2, -0.15) is 0 Å². The van der Waals surface area contributed by atoms with E-state index in [0.29, 0.717) is 11.8 Å². The summed E-state index contributed by atoms with van der Waals surface area (Å²) in [5.74, 6) is -1.07. The Kier molecular flexibility index (Phi) is 7.12. The van der Waals surface area contributed by atoms with E-state index in [4.69, 9.17) is 0 Å². The zero-order valence-electron chi connectivity index (χ0n) is 10.7. The van der Waals surface area contributed by atoms with Crippen LogP contribution in [0.4, 0.5) is 8.78 Å². The summed E-state index contributed by atoms with van der Waals surface area (Å²) in [5.41, 5.74) is 0. The van der Waals surface area contributed by atoms with E-state index in [2.05, 4.69) is 13.8 Å². The van der Waals surface area contributed by atoms with Crippen LogP contribution in [0.15, 0.2) is 0 Å². The third-order valence-electron chi connectivity index (χ3n) is 2.99. The molecule has 1 fully saturated rings. The van der Waals surface area contributed by atoms with Gasteiger partial charge in [0.15, 0.2) is 0 Å². The zero-order valence-corrected chi connectivity index (χ0v) is 10.7. The van der Waals surface area contributed by atoms with E-state index in [-0.39, 0.29) is 12.8 Å². The van der Waals surface area contributed by atoms with Crippen molar-refractivity contribution >= 4 is 0 Å². The molecule has 1 aliphatic rings. The van der Waals surface area contributed by atoms with Gasteiger partial charge in [0.2, 0.25) is 5.92 Å². The lowest BCUT2D eigenvalue weighted by atomic mass is 9.83. The van der Waals surface area contributed by atoms with Gasteiger partial charge in [0, 0.05) is 12.8 Å². The van der Waals surface area contributed by atoms with Crippen molar-refractivity contribution in [2.24, 2.45) is 11.8 Å². The van der Waals surface area contributed by atoms with Crippen molar-refractivity contribution < 1.29 is 8.78 Å². The Morgan fingerprint density at radius 1 is 1.13 bits per heavy atom. The molecule has 0 aromatic rings. The Bertz CT molecular complexity index is 140. The molecule has 15 heavy (non-hydrogen) atoms. The fourth-order valence-corrected chi connectivity index (χ4v) is 1.96. The van der Waals surface area contributed by atoms with Gasteiger partial charge in [0.25, 0.3) is 0 Å². The number of hydrogen-bond acceptors (Lipinski definition) is 0. The summed E-state index contributed by atoms with van der Waals surface area (Å²) >= 11 is 0. The molecule has 0 aromatic carbocycles. The second-order valence-electron chi connectivity index (χ2n) is 4.77. The average molecular weight is 220 g/mol. The highest BCUT2D eigenvalue weighted by Gasteiger charge is 2.34. The summed E-state index contributed by atoms with van der Waals surface area (Å²) < 4.78 is 25.6. The fraction of sp³-hybridized carbons (Fsp3) is 1.00. The Balaban J connectivity index is 0.000000921. The normalized spacial score (nSPS) is 21.0. The van der Waals surface area contributed by atoms with Crippen molar-refractivity contribution in [1.29, 1.82) is 0 Å². The van der Waals surface area contributed by atoms with Gasteiger partial charge >= 0.3 is 0 Å². The van der Waals surface area contributed by atoms with E-state index in [0.717, 1.165) is 19.3 Å². The summed E-state index contributed by atoms with van der Waals surface area (Å²) in [6.45, 7) is 8.38. The predicted molar refractivity (Wildman–Crippen MR) is 62.3 cm³/mol. The van der Waals surface area contributed by atoms with Crippen LogP contribution < -0.4 is 0 Å². The van der Waals surface area contributed by atoms with Crippen molar-refractivity contribution in [3.05, 3.63) is 0 Å². The summed E-state index contributed by atoms with van der Waals surface area (Å²) in [6.07, 6.45) is 4.05. The highest BCUT2D eigenvalue weighted by molar-refractivity contribution is 4.77. The van der Waals surface area contributed by atoms with Gasteiger partial charge in [-0.05, 0) is 24.7 Å². The molecule has 0 unspecified atom stereocenters. The molecule has 92 valence electrons. The molecule has 0 saturated heterocycles. The van der Waals surface area contributed by atoms with Gasteiger partial charge in [-0.1, -0.05) is 40.5 Å². The van der Waals surface area contributed by atoms with Crippen LogP contribution in [0.3, 0.4) is 0 Å². The molecule has 0 heterocycles. The lowest BCUT2D eigenvalue weighted by Gasteiger charge is -2.28. The van der Waals surface area contributed by atoms with E-state index in [9.17, 15) is 8.78 Å². The predicted octanol–water partition coefficient (Wildman–Crippen LogP) is 5.27. The Morgan fingerprint density at radius 2 is 1.60 bits per heavy atom. The quantitative estimate of drug-likeness (QED) is 0.607. The van der Waals surface area contributed by atoms with Crippen molar-refractivity contribution in [1.82, 2.24) is 0 Å². The maximum absolute atomic E-state index is 12.8. The molecule has 1 rings (SSSR count). The van der Waals surface area contributed by atoms with Crippen LogP contribution in [0.2, 0.25) is 0 Å². The van der Waals surface area contributed by atoms with Crippen LogP contribution >= 0.6 is 0 Å². The zero-order chi connectivity index (χ0) is 11.9. The number of halogens is 2. The van der Waals surface area contributed by atoms with Gasteiger partial charge < -0.3 is 0 Å². The standard InChI is InChI=1S/C11H20F2.C2H6/c1-9(2)3-4-10-5-7-11(12,13)8-6-10;1-2/h9-10H,3-8H2,1-2H3;1-2H3. The molecule has 1 aliphatic carbocycles. The third-order valence-corrected chi connectivity index (χ3v) is 2.99. The minimum Gasteiger partial charge on any atom is -0.207 e. The van der Waals surface area contributed by atoms with Crippen LogP contribution in [-0.4, -0.2) is 5.92 Å². The van der Waals surface area contributed by atoms with Gasteiger partial charge in [0.1, 0.15) is 0 Å². The molecule has 0 bridgehead atoms. The topological polar surface area (TPSA) is 0 Å². The maximum atomic E-state index is 12.8. The van der Waals surface area contributed by atoms with E-state index in [1.165, 1.54) is 6.42 Å². The summed E-state index contributed by atoms with van der Waals surface area (Å²) in [4.78, 5) is 0. The monoisotopic (exact) mass is 220 g/mol. The first kappa shape index (κ1) is 14.9. The van der Waals surface area contributed by atoms with Crippen LogP contribution in [-0.2, 0) is 0 Å². The SMILES string of the molecule is CC.CC(C)CCC1CCC(F)(F)CC1. The van der Waals surface area contributed by atoms with Gasteiger partial charge in [-0.15, -0.1) is 0 Å². The van der Waals surface area contributed by atoms with Crippen molar-refractivity contribution in [2.45, 2.75) is 72.1 Å². The first-order valence-electron chi connectivity index (χ1n) is 6.37. The molecule has 0 N–H and O–H groups in total. The summed E-state index contributed by atoms with van der Waals surface area (Å²) in [5, 5.41) is 0. The highest BCUT2D eigenvalue weighted by atomic mass is 19.3. The lowest BCUT2D eigenvalue weighted by molar-refractivity contribution is -0.0468. The minimum atomic E-state index is -2.35. The molecule has 2 heteroatoms. The number of rotatable bonds is 3. The van der Waals surface area contributed by atoms with Gasteiger partial charge in [0.05, 0.1) is 0 Å². The number of hydrogen-bond donors (Lipinski definition) is 0. The van der Waals surface area contributed by atoms with Crippen LogP contribution in [0.25, 0.3) is 0 Å². The fourth-order valence-electron chi connectivity index (χ4n) is 1.96. The minimum absolute atomic E-state index is 0.121. The van der Waals surface area contributed by atoms with E-state index >= 15 is 0 Å². The largest absolute Gasteiger partial charge is 0.248 e. The Labute approximate surface area is 93.4 Å². The summed E-state index contributed by atoms with van der Waals surface area (Å²) in [7, 11) is 0. The second kappa shape index (κ2) is 7.19. The Morgan fingerprint density at radius 3 is 2.00 bits per heavy atom. The third kappa shape index (κ3) is 6.86. The molecule has 0 nitrogen and oxygen atoms in total. The molecular formula is C13H26F2. The van der Waals surface area contributed by atoms with Crippen LogP contribution in [0, 0.1) is 11.8 Å². The smallest absolute Gasteiger partial charge is 0.207 e. The van der Waals surface area contributed by atoms with Crippen molar-refractivity contribution in [3.63, 3.8) is 0 Å². The first-order valence-corrected chi connectivity index (χ1v) is 6.37. The Hall–Kier alpha value is -0.140. The van der Waals surface area contributed by atoms with E-state index < -0.39 is 5.92 Å². The molecule has 0 amide bonds. The molecule has 0 atom stereocenters. The first-order chi connectivity index (χ1) is 6.99. The molecule has 0 aromatic heterocycles. The maximum Gasteiger partial charge on any atom is 0.248 e. The molecule has 0 aliphatic heterocycles. The lowest BCUT2D eigenvalue weighted by Crippen LogP contribution is -2.24. The molecular weight excluding hydrogens is 194 g/mol. The number of alkyl halides is 2. The molecule has 0 spiro atoms. The van der Waals surface area contributed by atoms with Crippen molar-refractivity contribution in [2.75, 3.05) is 0 Å². The second-order valence-corrected chi connectivity index (χ2v) is 4.77.